The first kappa shape index (κ1) is 16.2. The molecular formula is C15H26N2O4. The normalized spacial score (nSPS) is 24.7. The lowest BCUT2D eigenvalue weighted by molar-refractivity contribution is -0.155. The van der Waals surface area contributed by atoms with Gasteiger partial charge in [-0.25, -0.2) is 0 Å². The Bertz CT molecular complexity index is 380. The molecule has 1 spiro atoms. The first-order chi connectivity index (χ1) is 10.1. The second kappa shape index (κ2) is 7.22. The number of piperazine rings is 1. The minimum atomic E-state index is -0.639. The maximum Gasteiger partial charge on any atom is 0.249 e. The van der Waals surface area contributed by atoms with Crippen molar-refractivity contribution in [3.8, 4) is 0 Å². The number of ether oxygens (including phenoxy) is 2. The summed E-state index contributed by atoms with van der Waals surface area (Å²) >= 11 is 0. The quantitative estimate of drug-likeness (QED) is 0.703. The Morgan fingerprint density at radius 1 is 1.24 bits per heavy atom. The number of nitrogens with zero attached hydrogens (tertiary/aromatic N) is 1. The summed E-state index contributed by atoms with van der Waals surface area (Å²) in [5.74, 6) is 0.0171. The molecule has 1 aliphatic heterocycles. The standard InChI is InChI=1S/C15H26N2O4/c1-12-13(18)16-15(6-3-4-7-15)14(19)17(12)8-11-21-10-5-9-20-2/h12H,3-11H2,1-2H3,(H,16,18). The monoisotopic (exact) mass is 298 g/mol. The average molecular weight is 298 g/mol. The van der Waals surface area contributed by atoms with Gasteiger partial charge in [-0.1, -0.05) is 12.8 Å². The van der Waals surface area contributed by atoms with E-state index in [1.807, 2.05) is 0 Å². The van der Waals surface area contributed by atoms with Crippen molar-refractivity contribution in [1.82, 2.24) is 10.2 Å². The fourth-order valence-corrected chi connectivity index (χ4v) is 3.17. The van der Waals surface area contributed by atoms with Gasteiger partial charge >= 0.3 is 0 Å². The zero-order valence-electron chi connectivity index (χ0n) is 13.0. The summed E-state index contributed by atoms with van der Waals surface area (Å²) in [6, 6.07) is -0.411. The fourth-order valence-electron chi connectivity index (χ4n) is 3.17. The van der Waals surface area contributed by atoms with E-state index in [0.717, 1.165) is 32.1 Å². The zero-order chi connectivity index (χ0) is 15.3. The van der Waals surface area contributed by atoms with Crippen LogP contribution in [-0.4, -0.2) is 61.8 Å². The third-order valence-electron chi connectivity index (χ3n) is 4.45. The molecule has 1 unspecified atom stereocenters. The van der Waals surface area contributed by atoms with Crippen LogP contribution in [0.25, 0.3) is 0 Å². The van der Waals surface area contributed by atoms with Gasteiger partial charge in [0.05, 0.1) is 6.61 Å². The minimum absolute atomic E-state index is 0.0455. The number of carbonyl (C=O) groups excluding carboxylic acids is 2. The van der Waals surface area contributed by atoms with Crippen LogP contribution < -0.4 is 5.32 Å². The molecule has 1 aliphatic carbocycles. The fraction of sp³-hybridized carbons (Fsp3) is 0.867. The van der Waals surface area contributed by atoms with Crippen LogP contribution >= 0.6 is 0 Å². The van der Waals surface area contributed by atoms with Crippen LogP contribution in [0.5, 0.6) is 0 Å². The molecule has 2 fully saturated rings. The molecule has 6 heteroatoms. The third kappa shape index (κ3) is 3.55. The summed E-state index contributed by atoms with van der Waals surface area (Å²) in [6.45, 7) is 4.00. The van der Waals surface area contributed by atoms with E-state index in [0.29, 0.717) is 26.4 Å². The van der Waals surface area contributed by atoms with E-state index in [2.05, 4.69) is 5.32 Å². The van der Waals surface area contributed by atoms with Crippen molar-refractivity contribution >= 4 is 11.8 Å². The van der Waals surface area contributed by atoms with Gasteiger partial charge in [0.1, 0.15) is 11.6 Å². The van der Waals surface area contributed by atoms with Crippen molar-refractivity contribution in [3.05, 3.63) is 0 Å². The molecule has 6 nitrogen and oxygen atoms in total. The largest absolute Gasteiger partial charge is 0.385 e. The van der Waals surface area contributed by atoms with E-state index in [-0.39, 0.29) is 11.8 Å². The molecule has 1 atom stereocenters. The van der Waals surface area contributed by atoms with Crippen LogP contribution in [0.4, 0.5) is 0 Å². The number of rotatable bonds is 7. The van der Waals surface area contributed by atoms with Gasteiger partial charge in [-0.2, -0.15) is 0 Å². The molecular weight excluding hydrogens is 272 g/mol. The molecule has 0 radical (unpaired) electrons. The van der Waals surface area contributed by atoms with E-state index in [9.17, 15) is 9.59 Å². The summed E-state index contributed by atoms with van der Waals surface area (Å²) in [5.41, 5.74) is -0.639. The van der Waals surface area contributed by atoms with Crippen molar-refractivity contribution in [3.63, 3.8) is 0 Å². The smallest absolute Gasteiger partial charge is 0.249 e. The van der Waals surface area contributed by atoms with Gasteiger partial charge in [0.15, 0.2) is 0 Å². The molecule has 0 bridgehead atoms. The zero-order valence-corrected chi connectivity index (χ0v) is 13.0. The molecule has 0 aromatic rings. The highest BCUT2D eigenvalue weighted by atomic mass is 16.5. The van der Waals surface area contributed by atoms with Crippen molar-refractivity contribution in [2.24, 2.45) is 0 Å². The molecule has 0 aromatic carbocycles. The minimum Gasteiger partial charge on any atom is -0.385 e. The number of carbonyl (C=O) groups is 2. The van der Waals surface area contributed by atoms with Crippen LogP contribution in [0.1, 0.15) is 39.0 Å². The van der Waals surface area contributed by atoms with Crippen molar-refractivity contribution in [2.75, 3.05) is 33.5 Å². The lowest BCUT2D eigenvalue weighted by atomic mass is 9.91. The third-order valence-corrected chi connectivity index (χ3v) is 4.45. The Morgan fingerprint density at radius 2 is 1.95 bits per heavy atom. The van der Waals surface area contributed by atoms with Crippen LogP contribution in [0.15, 0.2) is 0 Å². The van der Waals surface area contributed by atoms with E-state index in [1.165, 1.54) is 0 Å². The van der Waals surface area contributed by atoms with Gasteiger partial charge in [-0.15, -0.1) is 0 Å². The van der Waals surface area contributed by atoms with E-state index >= 15 is 0 Å². The Balaban J connectivity index is 1.87. The molecule has 1 saturated heterocycles. The van der Waals surface area contributed by atoms with E-state index in [4.69, 9.17) is 9.47 Å². The number of methoxy groups -OCH3 is 1. The summed E-state index contributed by atoms with van der Waals surface area (Å²) in [4.78, 5) is 26.5. The molecule has 1 heterocycles. The Hall–Kier alpha value is -1.14. The molecule has 0 aromatic heterocycles. The average Bonchev–Trinajstić information content (AvgIpc) is 2.93. The summed E-state index contributed by atoms with van der Waals surface area (Å²) in [7, 11) is 1.66. The lowest BCUT2D eigenvalue weighted by Crippen LogP contribution is -2.69. The van der Waals surface area contributed by atoms with E-state index < -0.39 is 11.6 Å². The molecule has 120 valence electrons. The first-order valence-corrected chi connectivity index (χ1v) is 7.80. The predicted octanol–water partition coefficient (Wildman–Crippen LogP) is 0.699. The van der Waals surface area contributed by atoms with Gasteiger partial charge < -0.3 is 19.7 Å². The van der Waals surface area contributed by atoms with Crippen LogP contribution in [-0.2, 0) is 19.1 Å². The summed E-state index contributed by atoms with van der Waals surface area (Å²) < 4.78 is 10.5. The number of hydrogen-bond acceptors (Lipinski definition) is 4. The highest BCUT2D eigenvalue weighted by Crippen LogP contribution is 2.34. The molecule has 2 rings (SSSR count). The second-order valence-electron chi connectivity index (χ2n) is 5.91. The summed E-state index contributed by atoms with van der Waals surface area (Å²) in [5, 5.41) is 2.95. The van der Waals surface area contributed by atoms with Crippen LogP contribution in [0.2, 0.25) is 0 Å². The maximum absolute atomic E-state index is 12.7. The Labute approximate surface area is 126 Å². The molecule has 2 amide bonds. The number of amides is 2. The van der Waals surface area contributed by atoms with Crippen molar-refractivity contribution in [2.45, 2.75) is 50.6 Å². The highest BCUT2D eigenvalue weighted by Gasteiger charge is 2.50. The Kier molecular flexibility index (Phi) is 5.58. The van der Waals surface area contributed by atoms with Crippen LogP contribution in [0.3, 0.4) is 0 Å². The van der Waals surface area contributed by atoms with Gasteiger partial charge in [-0.3, -0.25) is 9.59 Å². The van der Waals surface area contributed by atoms with Gasteiger partial charge in [0, 0.05) is 26.9 Å². The van der Waals surface area contributed by atoms with Crippen molar-refractivity contribution in [1.29, 1.82) is 0 Å². The topological polar surface area (TPSA) is 67.9 Å². The highest BCUT2D eigenvalue weighted by molar-refractivity contribution is 5.99. The number of hydrogen-bond donors (Lipinski definition) is 1. The molecule has 21 heavy (non-hydrogen) atoms. The predicted molar refractivity (Wildman–Crippen MR) is 77.8 cm³/mol. The lowest BCUT2D eigenvalue weighted by Gasteiger charge is -2.43. The maximum atomic E-state index is 12.7. The Morgan fingerprint density at radius 3 is 2.62 bits per heavy atom. The molecule has 2 aliphatic rings. The van der Waals surface area contributed by atoms with Crippen LogP contribution in [0, 0.1) is 0 Å². The first-order valence-electron chi connectivity index (χ1n) is 7.80. The van der Waals surface area contributed by atoms with Crippen molar-refractivity contribution < 1.29 is 19.1 Å². The SMILES string of the molecule is COCCCOCCN1C(=O)C2(CCCC2)NC(=O)C1C. The van der Waals surface area contributed by atoms with E-state index in [1.54, 1.807) is 18.9 Å². The molecule has 1 N–H and O–H groups in total. The van der Waals surface area contributed by atoms with Gasteiger partial charge in [-0.05, 0) is 26.2 Å². The van der Waals surface area contributed by atoms with Gasteiger partial charge in [0.2, 0.25) is 11.8 Å². The summed E-state index contributed by atoms with van der Waals surface area (Å²) in [6.07, 6.45) is 4.36. The molecule has 1 saturated carbocycles. The van der Waals surface area contributed by atoms with Gasteiger partial charge in [0.25, 0.3) is 0 Å². The second-order valence-corrected chi connectivity index (χ2v) is 5.91. The number of nitrogens with one attached hydrogen (secondary N) is 1.